The third kappa shape index (κ3) is 13.3. The third-order valence-corrected chi connectivity index (χ3v) is 29.6. The van der Waals surface area contributed by atoms with Crippen molar-refractivity contribution >= 4 is 205 Å². The molecule has 31 rings (SSSR count). The molecule has 20 aromatic carbocycles. The van der Waals surface area contributed by atoms with Crippen molar-refractivity contribution in [1.29, 1.82) is 0 Å². The van der Waals surface area contributed by atoms with Crippen molar-refractivity contribution in [3.05, 3.63) is 467 Å². The fourth-order valence-corrected chi connectivity index (χ4v) is 23.3. The van der Waals surface area contributed by atoms with Gasteiger partial charge in [-0.05, 0) is 187 Å². The van der Waals surface area contributed by atoms with Crippen LogP contribution in [0.1, 0.15) is 0 Å². The van der Waals surface area contributed by atoms with Crippen LogP contribution in [0.15, 0.2) is 472 Å². The normalized spacial score (nSPS) is 11.9. The Hall–Kier alpha value is -19.4. The molecule has 14 nitrogen and oxygen atoms in total. The Labute approximate surface area is 825 Å². The van der Waals surface area contributed by atoms with E-state index in [0.29, 0.717) is 35.2 Å². The number of rotatable bonds is 10. The molecule has 0 bridgehead atoms. The number of fused-ring (bicyclic) bond motifs is 31. The van der Waals surface area contributed by atoms with Gasteiger partial charge in [-0.15, -0.1) is 11.3 Å². The molecular weight excluding hydrogens is 1780 g/mol. The zero-order chi connectivity index (χ0) is 94.6. The molecule has 0 N–H and O–H groups in total. The van der Waals surface area contributed by atoms with E-state index in [9.17, 15) is 0 Å². The monoisotopic (exact) mass is 1860 g/mol. The highest BCUT2D eigenvalue weighted by Crippen LogP contribution is 2.52. The number of pyridine rings is 3. The summed E-state index contributed by atoms with van der Waals surface area (Å²) < 4.78 is 18.4. The lowest BCUT2D eigenvalue weighted by molar-refractivity contribution is 0.669. The van der Waals surface area contributed by atoms with Crippen LogP contribution in [0.25, 0.3) is 286 Å². The topological polar surface area (TPSA) is 149 Å². The van der Waals surface area contributed by atoms with Crippen LogP contribution >= 0.6 is 11.3 Å². The fraction of sp³-hybridized carbons (Fsp3) is 0. The number of nitrogens with zero attached hydrogens (tertiary/aromatic N) is 13. The SMILES string of the molecule is c1ccc(-c2nc(-c3ccccc3)nc(-n3c4cc5ccccc5cc4c4c5c(ccc43)oc3cc4ccccc4cc35)n2)cc1.c1ccc(-c2nc(-c3ccccc3)nc(-n3c4cc5ccccc5cc4c4c5c(ccc43)sc3c4ccccc4ccc35)n2)cc1.c1ccc(-n2c3ccc4c(c5ccccc5n4-c4cc(-c5ccccn5)nc(-c5ccccn5)c4)c3c3c4ccccc4c4ccccc4c32)cc1. The van der Waals surface area contributed by atoms with Crippen LogP contribution in [-0.2, 0) is 0 Å². The molecule has 0 unspecified atom stereocenters. The minimum Gasteiger partial charge on any atom is -0.456 e. The second-order valence-electron chi connectivity index (χ2n) is 36.6. The number of para-hydroxylation sites is 2. The lowest BCUT2D eigenvalue weighted by atomic mass is 9.95. The van der Waals surface area contributed by atoms with Crippen molar-refractivity contribution in [2.45, 2.75) is 0 Å². The van der Waals surface area contributed by atoms with E-state index < -0.39 is 0 Å². The zero-order valence-electron chi connectivity index (χ0n) is 77.1. The Morgan fingerprint density at radius 2 is 0.597 bits per heavy atom. The first-order valence-electron chi connectivity index (χ1n) is 48.3. The zero-order valence-corrected chi connectivity index (χ0v) is 77.9. The number of hydrogen-bond acceptors (Lipinski definition) is 11. The van der Waals surface area contributed by atoms with Crippen LogP contribution in [0.4, 0.5) is 0 Å². The molecule has 0 radical (unpaired) electrons. The fourth-order valence-electron chi connectivity index (χ4n) is 22.0. The molecular formula is C129H77N13OS. The molecule has 0 spiro atoms. The number of furan rings is 1. The molecule has 0 atom stereocenters. The molecule has 0 aliphatic carbocycles. The van der Waals surface area contributed by atoms with Gasteiger partial charge in [0.15, 0.2) is 23.3 Å². The van der Waals surface area contributed by atoms with E-state index in [0.717, 1.165) is 133 Å². The van der Waals surface area contributed by atoms with Gasteiger partial charge in [-0.1, -0.05) is 328 Å². The molecule has 0 fully saturated rings. The minimum absolute atomic E-state index is 0.570. The van der Waals surface area contributed by atoms with E-state index in [2.05, 4.69) is 340 Å². The van der Waals surface area contributed by atoms with Crippen LogP contribution in [0, 0.1) is 0 Å². The molecule has 144 heavy (non-hydrogen) atoms. The highest BCUT2D eigenvalue weighted by Gasteiger charge is 2.30. The van der Waals surface area contributed by atoms with Crippen molar-refractivity contribution in [3.8, 4) is 91.6 Å². The van der Waals surface area contributed by atoms with Crippen molar-refractivity contribution in [3.63, 3.8) is 0 Å². The predicted molar refractivity (Wildman–Crippen MR) is 595 cm³/mol. The Balaban J connectivity index is 0.000000103. The number of benzene rings is 20. The number of thiophene rings is 1. The first kappa shape index (κ1) is 81.8. The highest BCUT2D eigenvalue weighted by atomic mass is 32.1. The lowest BCUT2D eigenvalue weighted by Gasteiger charge is -2.13. The summed E-state index contributed by atoms with van der Waals surface area (Å²) in [5.41, 5.74) is 19.7. The maximum atomic E-state index is 6.52. The maximum absolute atomic E-state index is 6.52. The molecule has 0 amide bonds. The summed E-state index contributed by atoms with van der Waals surface area (Å²) in [5, 5.41) is 29.0. The van der Waals surface area contributed by atoms with Crippen molar-refractivity contribution in [2.24, 2.45) is 0 Å². The predicted octanol–water partition coefficient (Wildman–Crippen LogP) is 33.2. The van der Waals surface area contributed by atoms with Gasteiger partial charge in [-0.25, -0.2) is 15.0 Å². The molecule has 670 valence electrons. The Kier molecular flexibility index (Phi) is 18.9. The Bertz CT molecular complexity index is 10300. The van der Waals surface area contributed by atoms with Gasteiger partial charge in [0.2, 0.25) is 11.9 Å². The van der Waals surface area contributed by atoms with E-state index in [4.69, 9.17) is 49.3 Å². The Morgan fingerprint density at radius 3 is 1.12 bits per heavy atom. The van der Waals surface area contributed by atoms with Gasteiger partial charge in [0, 0.05) is 120 Å². The second kappa shape index (κ2) is 33.2. The summed E-state index contributed by atoms with van der Waals surface area (Å²) >= 11 is 1.87. The number of hydrogen-bond donors (Lipinski definition) is 0. The molecule has 11 aromatic heterocycles. The summed E-state index contributed by atoms with van der Waals surface area (Å²) in [6, 6.07) is 160. The van der Waals surface area contributed by atoms with Crippen LogP contribution in [0.3, 0.4) is 0 Å². The van der Waals surface area contributed by atoms with Gasteiger partial charge >= 0.3 is 0 Å². The van der Waals surface area contributed by atoms with Crippen LogP contribution in [-0.4, -0.2) is 63.1 Å². The third-order valence-electron chi connectivity index (χ3n) is 28.4. The van der Waals surface area contributed by atoms with Crippen LogP contribution in [0.2, 0.25) is 0 Å². The summed E-state index contributed by atoms with van der Waals surface area (Å²) in [7, 11) is 0. The quantitative estimate of drug-likeness (QED) is 0.121. The molecule has 15 heteroatoms. The van der Waals surface area contributed by atoms with Crippen LogP contribution < -0.4 is 0 Å². The number of aromatic nitrogens is 13. The van der Waals surface area contributed by atoms with Crippen LogP contribution in [0.5, 0.6) is 0 Å². The molecule has 0 aliphatic rings. The van der Waals surface area contributed by atoms with Gasteiger partial charge < -0.3 is 13.6 Å². The van der Waals surface area contributed by atoms with Gasteiger partial charge in [0.25, 0.3) is 0 Å². The van der Waals surface area contributed by atoms with E-state index >= 15 is 0 Å². The largest absolute Gasteiger partial charge is 0.456 e. The molecule has 0 saturated heterocycles. The maximum Gasteiger partial charge on any atom is 0.238 e. The smallest absolute Gasteiger partial charge is 0.238 e. The summed E-state index contributed by atoms with van der Waals surface area (Å²) in [6.45, 7) is 0. The minimum atomic E-state index is 0.570. The van der Waals surface area contributed by atoms with Crippen molar-refractivity contribution in [1.82, 2.24) is 63.1 Å². The molecule has 31 aromatic rings. The summed E-state index contributed by atoms with van der Waals surface area (Å²) in [4.78, 5) is 45.0. The molecule has 0 saturated carbocycles. The van der Waals surface area contributed by atoms with Gasteiger partial charge in [0.05, 0.1) is 72.6 Å². The van der Waals surface area contributed by atoms with Gasteiger partial charge in [-0.2, -0.15) is 19.9 Å². The average Bonchev–Trinajstić information content (AvgIpc) is 1.53. The first-order chi connectivity index (χ1) is 71.4. The Morgan fingerprint density at radius 1 is 0.194 bits per heavy atom. The van der Waals surface area contributed by atoms with Gasteiger partial charge in [0.1, 0.15) is 11.2 Å². The van der Waals surface area contributed by atoms with E-state index in [1.807, 2.05) is 157 Å². The summed E-state index contributed by atoms with van der Waals surface area (Å²) in [6.07, 6.45) is 3.63. The average molecular weight is 1860 g/mol. The first-order valence-corrected chi connectivity index (χ1v) is 49.1. The van der Waals surface area contributed by atoms with E-state index in [1.165, 1.54) is 117 Å². The summed E-state index contributed by atoms with van der Waals surface area (Å²) in [5.74, 6) is 3.72. The second-order valence-corrected chi connectivity index (χ2v) is 37.6. The lowest BCUT2D eigenvalue weighted by Crippen LogP contribution is -2.06. The highest BCUT2D eigenvalue weighted by molar-refractivity contribution is 7.27. The molecule has 0 aliphatic heterocycles. The van der Waals surface area contributed by atoms with E-state index in [1.54, 1.807) is 0 Å². The molecule has 11 heterocycles. The van der Waals surface area contributed by atoms with Gasteiger partial charge in [-0.3, -0.25) is 19.1 Å². The standard InChI is InChI=1S/C47H29N5.C41H24N4O.C41H24N4S/c1-2-14-30(15-3-1)52-43-25-24-42-44(46(43)45-34-18-6-4-16-32(34)33-17-5-7-19-35(33)47(45)52)36-20-8-9-23-41(36)51(42)31-28-39(37-21-10-12-26-48-37)50-40(29-31)38-22-11-13-27-49-38;1-3-11-25(12-4-1)39-42-40(26-13-5-2-6-14-26)44-41(43-39)45-33-19-20-35-38(32-22-28-16-8-10-18-30(28)24-36(32)46-35)37(33)31-21-27-15-7-9-17-29(27)23-34(31)45;1-3-12-26(13-4-1)39-42-40(27-14-5-2-6-15-27)44-41(43-39)45-33-21-22-35-37(31-20-19-25-11-9-10-18-30(25)38(31)46-35)36(33)32-23-28-16-7-8-17-29(28)24-34(32)45/h1-29H;2*1-24H. The van der Waals surface area contributed by atoms with Crippen molar-refractivity contribution < 1.29 is 4.42 Å². The van der Waals surface area contributed by atoms with E-state index in [-0.39, 0.29) is 0 Å². The van der Waals surface area contributed by atoms with Crippen molar-refractivity contribution in [2.75, 3.05) is 0 Å².